The summed E-state index contributed by atoms with van der Waals surface area (Å²) in [6.45, 7) is 4.70. The molecule has 0 aromatic heterocycles. The fourth-order valence-corrected chi connectivity index (χ4v) is 2.77. The van der Waals surface area contributed by atoms with Gasteiger partial charge in [-0.25, -0.2) is 0 Å². The van der Waals surface area contributed by atoms with Crippen molar-refractivity contribution in [2.24, 2.45) is 5.73 Å². The van der Waals surface area contributed by atoms with Crippen LogP contribution in [0, 0.1) is 6.92 Å². The van der Waals surface area contributed by atoms with E-state index in [1.54, 1.807) is 0 Å². The molecule has 2 aromatic carbocycles. The number of aryl methyl sites for hydroxylation is 1. The fraction of sp³-hybridized carbons (Fsp3) is 0.250. The Morgan fingerprint density at radius 3 is 2.68 bits per heavy atom. The maximum absolute atomic E-state index is 6.35. The van der Waals surface area contributed by atoms with Crippen LogP contribution in [0.1, 0.15) is 29.7 Å². The van der Waals surface area contributed by atoms with Crippen LogP contribution in [0.3, 0.4) is 0 Å². The van der Waals surface area contributed by atoms with Gasteiger partial charge in [0.2, 0.25) is 0 Å². The molecule has 0 heterocycles. The van der Waals surface area contributed by atoms with Crippen LogP contribution in [0.2, 0.25) is 0 Å². The zero-order chi connectivity index (χ0) is 13.8. The number of hydrogen-bond acceptors (Lipinski definition) is 2. The van der Waals surface area contributed by atoms with E-state index in [0.717, 1.165) is 21.3 Å². The number of halogens is 1. The number of hydrogen-bond donors (Lipinski definition) is 1. The third kappa shape index (κ3) is 3.37. The van der Waals surface area contributed by atoms with Crippen molar-refractivity contribution in [2.75, 3.05) is 6.61 Å². The van der Waals surface area contributed by atoms with Crippen LogP contribution in [0.15, 0.2) is 46.9 Å². The predicted octanol–water partition coefficient (Wildman–Crippen LogP) is 4.20. The molecule has 19 heavy (non-hydrogen) atoms. The molecule has 2 nitrogen and oxygen atoms in total. The molecule has 1 atom stereocenters. The zero-order valence-electron chi connectivity index (χ0n) is 11.2. The third-order valence-corrected chi connectivity index (χ3v) is 3.71. The van der Waals surface area contributed by atoms with E-state index >= 15 is 0 Å². The second kappa shape index (κ2) is 6.22. The van der Waals surface area contributed by atoms with Gasteiger partial charge in [0.25, 0.3) is 0 Å². The number of nitrogens with two attached hydrogens (primary N) is 1. The Labute approximate surface area is 122 Å². The molecular formula is C16H18BrNO. The summed E-state index contributed by atoms with van der Waals surface area (Å²) >= 11 is 3.58. The minimum atomic E-state index is -0.157. The van der Waals surface area contributed by atoms with E-state index in [4.69, 9.17) is 10.5 Å². The van der Waals surface area contributed by atoms with E-state index in [0.29, 0.717) is 6.61 Å². The normalized spacial score (nSPS) is 12.2. The first-order valence-electron chi connectivity index (χ1n) is 6.36. The molecule has 2 rings (SSSR count). The van der Waals surface area contributed by atoms with Gasteiger partial charge in [-0.15, -0.1) is 0 Å². The van der Waals surface area contributed by atoms with Crippen molar-refractivity contribution >= 4 is 15.9 Å². The Hall–Kier alpha value is -1.32. The highest BCUT2D eigenvalue weighted by molar-refractivity contribution is 9.10. The van der Waals surface area contributed by atoms with Gasteiger partial charge in [0.05, 0.1) is 12.6 Å². The van der Waals surface area contributed by atoms with Crippen molar-refractivity contribution in [3.8, 4) is 5.75 Å². The third-order valence-electron chi connectivity index (χ3n) is 3.02. The second-order valence-electron chi connectivity index (χ2n) is 4.51. The molecule has 0 saturated carbocycles. The van der Waals surface area contributed by atoms with Crippen LogP contribution in [0.4, 0.5) is 0 Å². The van der Waals surface area contributed by atoms with Gasteiger partial charge < -0.3 is 10.5 Å². The lowest BCUT2D eigenvalue weighted by Gasteiger charge is -2.16. The lowest BCUT2D eigenvalue weighted by atomic mass is 9.98. The molecule has 0 radical (unpaired) electrons. The van der Waals surface area contributed by atoms with E-state index in [1.165, 1.54) is 5.56 Å². The van der Waals surface area contributed by atoms with E-state index in [2.05, 4.69) is 41.1 Å². The second-order valence-corrected chi connectivity index (χ2v) is 5.36. The first-order chi connectivity index (χ1) is 9.11. The predicted molar refractivity (Wildman–Crippen MR) is 82.5 cm³/mol. The van der Waals surface area contributed by atoms with Gasteiger partial charge >= 0.3 is 0 Å². The zero-order valence-corrected chi connectivity index (χ0v) is 12.8. The van der Waals surface area contributed by atoms with Crippen molar-refractivity contribution in [1.29, 1.82) is 0 Å². The van der Waals surface area contributed by atoms with Crippen LogP contribution in [0.5, 0.6) is 5.75 Å². The van der Waals surface area contributed by atoms with Crippen LogP contribution in [0.25, 0.3) is 0 Å². The average molecular weight is 320 g/mol. The molecule has 100 valence electrons. The van der Waals surface area contributed by atoms with Gasteiger partial charge in [-0.1, -0.05) is 40.2 Å². The van der Waals surface area contributed by atoms with Crippen molar-refractivity contribution < 1.29 is 4.74 Å². The Bertz CT molecular complexity index is 568. The van der Waals surface area contributed by atoms with E-state index < -0.39 is 0 Å². The van der Waals surface area contributed by atoms with Crippen LogP contribution < -0.4 is 10.5 Å². The summed E-state index contributed by atoms with van der Waals surface area (Å²) < 4.78 is 6.56. The molecule has 2 N–H and O–H groups in total. The molecule has 0 aliphatic carbocycles. The SMILES string of the molecule is CCOc1cccc(C(N)c2ccc(C)cc2Br)c1. The highest BCUT2D eigenvalue weighted by Crippen LogP contribution is 2.29. The van der Waals surface area contributed by atoms with Gasteiger partial charge in [0, 0.05) is 4.47 Å². The van der Waals surface area contributed by atoms with E-state index in [1.807, 2.05) is 31.2 Å². The van der Waals surface area contributed by atoms with Crippen molar-refractivity contribution in [3.63, 3.8) is 0 Å². The summed E-state index contributed by atoms with van der Waals surface area (Å²) in [7, 11) is 0. The van der Waals surface area contributed by atoms with Gasteiger partial charge in [-0.2, -0.15) is 0 Å². The molecule has 0 aliphatic heterocycles. The van der Waals surface area contributed by atoms with E-state index in [-0.39, 0.29) is 6.04 Å². The topological polar surface area (TPSA) is 35.2 Å². The highest BCUT2D eigenvalue weighted by atomic mass is 79.9. The summed E-state index contributed by atoms with van der Waals surface area (Å²) in [5.41, 5.74) is 9.69. The van der Waals surface area contributed by atoms with Gasteiger partial charge in [0.1, 0.15) is 5.75 Å². The van der Waals surface area contributed by atoms with Crippen molar-refractivity contribution in [1.82, 2.24) is 0 Å². The molecule has 0 spiro atoms. The standard InChI is InChI=1S/C16H18BrNO/c1-3-19-13-6-4-5-12(10-13)16(18)14-8-7-11(2)9-15(14)17/h4-10,16H,3,18H2,1-2H3. The lowest BCUT2D eigenvalue weighted by Crippen LogP contribution is -2.12. The fourth-order valence-electron chi connectivity index (χ4n) is 2.03. The molecule has 3 heteroatoms. The minimum Gasteiger partial charge on any atom is -0.494 e. The average Bonchev–Trinajstić information content (AvgIpc) is 2.39. The Balaban J connectivity index is 2.32. The first-order valence-corrected chi connectivity index (χ1v) is 7.15. The Kier molecular flexibility index (Phi) is 4.61. The minimum absolute atomic E-state index is 0.157. The van der Waals surface area contributed by atoms with Crippen LogP contribution in [-0.2, 0) is 0 Å². The molecule has 0 saturated heterocycles. The summed E-state index contributed by atoms with van der Waals surface area (Å²) in [5, 5.41) is 0. The maximum atomic E-state index is 6.35. The van der Waals surface area contributed by atoms with Crippen molar-refractivity contribution in [2.45, 2.75) is 19.9 Å². The van der Waals surface area contributed by atoms with E-state index in [9.17, 15) is 0 Å². The number of rotatable bonds is 4. The molecule has 0 fully saturated rings. The van der Waals surface area contributed by atoms with Crippen LogP contribution in [-0.4, -0.2) is 6.61 Å². The smallest absolute Gasteiger partial charge is 0.119 e. The monoisotopic (exact) mass is 319 g/mol. The number of benzene rings is 2. The first kappa shape index (κ1) is 14.1. The highest BCUT2D eigenvalue weighted by Gasteiger charge is 2.12. The largest absolute Gasteiger partial charge is 0.494 e. The van der Waals surface area contributed by atoms with Crippen LogP contribution >= 0.6 is 15.9 Å². The van der Waals surface area contributed by atoms with Gasteiger partial charge in [0.15, 0.2) is 0 Å². The molecule has 0 bridgehead atoms. The van der Waals surface area contributed by atoms with Crippen molar-refractivity contribution in [3.05, 3.63) is 63.6 Å². The lowest BCUT2D eigenvalue weighted by molar-refractivity contribution is 0.340. The maximum Gasteiger partial charge on any atom is 0.119 e. The molecular weight excluding hydrogens is 302 g/mol. The summed E-state index contributed by atoms with van der Waals surface area (Å²) in [5.74, 6) is 0.860. The number of ether oxygens (including phenoxy) is 1. The summed E-state index contributed by atoms with van der Waals surface area (Å²) in [4.78, 5) is 0. The molecule has 0 aliphatic rings. The molecule has 2 aromatic rings. The van der Waals surface area contributed by atoms with Gasteiger partial charge in [-0.3, -0.25) is 0 Å². The quantitative estimate of drug-likeness (QED) is 0.916. The Morgan fingerprint density at radius 1 is 1.21 bits per heavy atom. The summed E-state index contributed by atoms with van der Waals surface area (Å²) in [6.07, 6.45) is 0. The Morgan fingerprint density at radius 2 is 2.00 bits per heavy atom. The van der Waals surface area contributed by atoms with Gasteiger partial charge in [-0.05, 0) is 48.7 Å². The summed E-state index contributed by atoms with van der Waals surface area (Å²) in [6, 6.07) is 14.0. The molecule has 1 unspecified atom stereocenters. The molecule has 0 amide bonds.